The number of rotatable bonds is 5. The largest absolute Gasteiger partial charge is 0.358 e. The maximum Gasteiger partial charge on any atom is 0.232 e. The Hall–Kier alpha value is -2.41. The van der Waals surface area contributed by atoms with Gasteiger partial charge in [-0.25, -0.2) is 0 Å². The van der Waals surface area contributed by atoms with E-state index < -0.39 is 0 Å². The summed E-state index contributed by atoms with van der Waals surface area (Å²) >= 11 is 5.53. The molecule has 0 spiro atoms. The molecule has 2 aliphatic rings. The normalized spacial score (nSPS) is 19.4. The van der Waals surface area contributed by atoms with Crippen molar-refractivity contribution in [2.75, 3.05) is 34.8 Å². The van der Waals surface area contributed by atoms with Gasteiger partial charge in [-0.3, -0.25) is 0 Å². The first-order valence-corrected chi connectivity index (χ1v) is 11.6. The maximum atomic E-state index is 5.53. The molecule has 2 aromatic rings. The predicted molar refractivity (Wildman–Crippen MR) is 128 cm³/mol. The van der Waals surface area contributed by atoms with E-state index in [0.717, 1.165) is 31.3 Å². The van der Waals surface area contributed by atoms with E-state index in [2.05, 4.69) is 45.6 Å². The Kier molecular flexibility index (Phi) is 7.00. The van der Waals surface area contributed by atoms with Crippen LogP contribution in [0, 0.1) is 0 Å². The molecule has 1 unspecified atom stereocenters. The highest BCUT2D eigenvalue weighted by Gasteiger charge is 2.23. The van der Waals surface area contributed by atoms with E-state index in [0.29, 0.717) is 23.6 Å². The van der Waals surface area contributed by atoms with Crippen molar-refractivity contribution >= 4 is 34.9 Å². The zero-order valence-corrected chi connectivity index (χ0v) is 18.6. The standard InChI is InChI=1S/C23H32N6S/c1-18-10-6-9-15-29(18)21-16-20(28-13-7-3-8-14-28)25-22(26-21)27-23(30)24-17-19-11-4-2-5-12-19/h2,4-5,11-12,16,18H,3,6-10,13-15,17H2,1H3,(H2,24,25,26,27,30). The second-order valence-corrected chi connectivity index (χ2v) is 8.70. The van der Waals surface area contributed by atoms with Gasteiger partial charge in [-0.05, 0) is 63.2 Å². The first-order valence-electron chi connectivity index (χ1n) is 11.2. The Bertz CT molecular complexity index is 837. The molecule has 0 bridgehead atoms. The third-order valence-corrected chi connectivity index (χ3v) is 6.24. The van der Waals surface area contributed by atoms with Gasteiger partial charge in [0.05, 0.1) is 0 Å². The Morgan fingerprint density at radius 2 is 1.73 bits per heavy atom. The maximum absolute atomic E-state index is 5.53. The highest BCUT2D eigenvalue weighted by Crippen LogP contribution is 2.28. The molecule has 160 valence electrons. The van der Waals surface area contributed by atoms with Crippen LogP contribution in [-0.2, 0) is 6.54 Å². The molecule has 7 heteroatoms. The van der Waals surface area contributed by atoms with E-state index in [4.69, 9.17) is 22.2 Å². The Morgan fingerprint density at radius 3 is 2.50 bits per heavy atom. The molecule has 2 aliphatic heterocycles. The molecule has 2 saturated heterocycles. The van der Waals surface area contributed by atoms with Gasteiger partial charge in [0.1, 0.15) is 11.6 Å². The van der Waals surface area contributed by atoms with Crippen molar-refractivity contribution in [2.45, 2.75) is 58.0 Å². The number of piperidine rings is 2. The SMILES string of the molecule is CC1CCCCN1c1cc(N2CCCCC2)nc(NC(=S)NCc2ccccc2)n1. The van der Waals surface area contributed by atoms with Gasteiger partial charge in [0.2, 0.25) is 5.95 Å². The summed E-state index contributed by atoms with van der Waals surface area (Å²) in [7, 11) is 0. The summed E-state index contributed by atoms with van der Waals surface area (Å²) in [6, 6.07) is 12.9. The third-order valence-electron chi connectivity index (χ3n) is 6.00. The average Bonchev–Trinajstić information content (AvgIpc) is 2.79. The van der Waals surface area contributed by atoms with E-state index >= 15 is 0 Å². The van der Waals surface area contributed by atoms with Crippen molar-refractivity contribution in [3.05, 3.63) is 42.0 Å². The average molecular weight is 425 g/mol. The van der Waals surface area contributed by atoms with Gasteiger partial charge in [0, 0.05) is 38.3 Å². The van der Waals surface area contributed by atoms with Gasteiger partial charge in [0.25, 0.3) is 0 Å². The molecular formula is C23H32N6S. The minimum atomic E-state index is 0.499. The van der Waals surface area contributed by atoms with Crippen molar-refractivity contribution in [3.8, 4) is 0 Å². The van der Waals surface area contributed by atoms with Gasteiger partial charge >= 0.3 is 0 Å². The summed E-state index contributed by atoms with van der Waals surface area (Å²) in [5.74, 6) is 2.59. The van der Waals surface area contributed by atoms with Crippen molar-refractivity contribution in [1.29, 1.82) is 0 Å². The van der Waals surface area contributed by atoms with Crippen LogP contribution in [0.15, 0.2) is 36.4 Å². The molecule has 0 radical (unpaired) electrons. The first kappa shape index (κ1) is 20.8. The zero-order chi connectivity index (χ0) is 20.8. The van der Waals surface area contributed by atoms with Gasteiger partial charge < -0.3 is 20.4 Å². The molecule has 0 aliphatic carbocycles. The van der Waals surface area contributed by atoms with Gasteiger partial charge in [-0.15, -0.1) is 0 Å². The van der Waals surface area contributed by atoms with Crippen LogP contribution >= 0.6 is 12.2 Å². The predicted octanol–water partition coefficient (Wildman–Crippen LogP) is 4.33. The molecule has 1 atom stereocenters. The van der Waals surface area contributed by atoms with E-state index in [1.54, 1.807) is 0 Å². The number of aromatic nitrogens is 2. The molecule has 0 saturated carbocycles. The highest BCUT2D eigenvalue weighted by molar-refractivity contribution is 7.80. The molecule has 4 rings (SSSR count). The number of hydrogen-bond donors (Lipinski definition) is 2. The van der Waals surface area contributed by atoms with E-state index in [1.165, 1.54) is 44.1 Å². The van der Waals surface area contributed by atoms with Gasteiger partial charge in [-0.2, -0.15) is 9.97 Å². The molecule has 1 aromatic heterocycles. The minimum Gasteiger partial charge on any atom is -0.358 e. The van der Waals surface area contributed by atoms with Crippen LogP contribution in [0.4, 0.5) is 17.6 Å². The van der Waals surface area contributed by atoms with Crippen molar-refractivity contribution in [1.82, 2.24) is 15.3 Å². The lowest BCUT2D eigenvalue weighted by molar-refractivity contribution is 0.481. The second-order valence-electron chi connectivity index (χ2n) is 8.29. The third kappa shape index (κ3) is 5.39. The number of nitrogens with zero attached hydrogens (tertiary/aromatic N) is 4. The van der Waals surface area contributed by atoms with Gasteiger partial charge in [0.15, 0.2) is 5.11 Å². The number of nitrogens with one attached hydrogen (secondary N) is 2. The molecular weight excluding hydrogens is 392 g/mol. The lowest BCUT2D eigenvalue weighted by Crippen LogP contribution is -2.39. The summed E-state index contributed by atoms with van der Waals surface area (Å²) in [5.41, 5.74) is 1.19. The topological polar surface area (TPSA) is 56.3 Å². The van der Waals surface area contributed by atoms with Crippen LogP contribution in [0.2, 0.25) is 0 Å². The van der Waals surface area contributed by atoms with Crippen LogP contribution in [-0.4, -0.2) is 40.8 Å². The van der Waals surface area contributed by atoms with Crippen LogP contribution in [0.3, 0.4) is 0 Å². The zero-order valence-electron chi connectivity index (χ0n) is 17.8. The van der Waals surface area contributed by atoms with Crippen molar-refractivity contribution < 1.29 is 0 Å². The fourth-order valence-corrected chi connectivity index (χ4v) is 4.44. The van der Waals surface area contributed by atoms with Gasteiger partial charge in [-0.1, -0.05) is 30.3 Å². The summed E-state index contributed by atoms with van der Waals surface area (Å²) < 4.78 is 0. The molecule has 1 aromatic carbocycles. The summed E-state index contributed by atoms with van der Waals surface area (Å²) in [6.07, 6.45) is 7.46. The summed E-state index contributed by atoms with van der Waals surface area (Å²) in [5, 5.41) is 7.05. The summed E-state index contributed by atoms with van der Waals surface area (Å²) in [4.78, 5) is 14.5. The molecule has 30 heavy (non-hydrogen) atoms. The number of benzene rings is 1. The fraction of sp³-hybridized carbons (Fsp3) is 0.522. The fourth-order valence-electron chi connectivity index (χ4n) is 4.27. The quantitative estimate of drug-likeness (QED) is 0.693. The number of hydrogen-bond acceptors (Lipinski definition) is 5. The lowest BCUT2D eigenvalue weighted by atomic mass is 10.0. The second kappa shape index (κ2) is 10.1. The van der Waals surface area contributed by atoms with Crippen LogP contribution in [0.25, 0.3) is 0 Å². The van der Waals surface area contributed by atoms with Crippen molar-refractivity contribution in [2.24, 2.45) is 0 Å². The van der Waals surface area contributed by atoms with Crippen LogP contribution in [0.1, 0.15) is 51.0 Å². The molecule has 6 nitrogen and oxygen atoms in total. The molecule has 2 fully saturated rings. The first-order chi connectivity index (χ1) is 14.7. The number of thiocarbonyl (C=S) groups is 1. The molecule has 3 heterocycles. The van der Waals surface area contributed by atoms with Crippen LogP contribution < -0.4 is 20.4 Å². The smallest absolute Gasteiger partial charge is 0.232 e. The van der Waals surface area contributed by atoms with E-state index in [-0.39, 0.29) is 0 Å². The molecule has 0 amide bonds. The molecule has 2 N–H and O–H groups in total. The Balaban J connectivity index is 1.51. The van der Waals surface area contributed by atoms with E-state index in [1.807, 2.05) is 18.2 Å². The minimum absolute atomic E-state index is 0.499. The Labute approximate surface area is 185 Å². The van der Waals surface area contributed by atoms with E-state index in [9.17, 15) is 0 Å². The Morgan fingerprint density at radius 1 is 1.00 bits per heavy atom. The summed E-state index contributed by atoms with van der Waals surface area (Å²) in [6.45, 7) is 6.13. The number of anilines is 3. The van der Waals surface area contributed by atoms with Crippen LogP contribution in [0.5, 0.6) is 0 Å². The monoisotopic (exact) mass is 424 g/mol. The highest BCUT2D eigenvalue weighted by atomic mass is 32.1. The van der Waals surface area contributed by atoms with Crippen molar-refractivity contribution in [3.63, 3.8) is 0 Å². The lowest BCUT2D eigenvalue weighted by Gasteiger charge is -2.35.